The Bertz CT molecular complexity index is 340. The number of aromatic nitrogens is 2. The molecule has 1 unspecified atom stereocenters. The first kappa shape index (κ1) is 12.6. The van der Waals surface area contributed by atoms with Crippen molar-refractivity contribution in [1.29, 1.82) is 0 Å². The molecule has 0 saturated heterocycles. The van der Waals surface area contributed by atoms with Gasteiger partial charge >= 0.3 is 0 Å². The first-order chi connectivity index (χ1) is 8.18. The van der Waals surface area contributed by atoms with Gasteiger partial charge in [-0.25, -0.2) is 0 Å². The van der Waals surface area contributed by atoms with Crippen LogP contribution in [-0.2, 0) is 0 Å². The lowest BCUT2D eigenvalue weighted by Crippen LogP contribution is -2.22. The molecule has 1 aliphatic carbocycles. The lowest BCUT2D eigenvalue weighted by atomic mass is 9.92. The van der Waals surface area contributed by atoms with Crippen LogP contribution in [0.4, 0.5) is 0 Å². The molecule has 0 aliphatic heterocycles. The molecule has 0 aromatic carbocycles. The summed E-state index contributed by atoms with van der Waals surface area (Å²) in [5.74, 6) is 2.19. The van der Waals surface area contributed by atoms with Gasteiger partial charge in [0.1, 0.15) is 0 Å². The summed E-state index contributed by atoms with van der Waals surface area (Å²) in [7, 11) is 0. The average Bonchev–Trinajstić information content (AvgIpc) is 2.65. The largest absolute Gasteiger partial charge is 0.339 e. The van der Waals surface area contributed by atoms with Crippen molar-refractivity contribution in [3.63, 3.8) is 0 Å². The molecule has 96 valence electrons. The Kier molecular flexibility index (Phi) is 4.15. The molecule has 1 saturated carbocycles. The van der Waals surface area contributed by atoms with Gasteiger partial charge in [0, 0.05) is 5.92 Å². The van der Waals surface area contributed by atoms with E-state index in [1.807, 2.05) is 0 Å². The van der Waals surface area contributed by atoms with Crippen LogP contribution in [0.1, 0.15) is 76.0 Å². The quantitative estimate of drug-likeness (QED) is 0.820. The highest BCUT2D eigenvalue weighted by molar-refractivity contribution is 4.98. The second-order valence-corrected chi connectivity index (χ2v) is 5.42. The number of nitrogens with two attached hydrogens (primary N) is 1. The molecule has 17 heavy (non-hydrogen) atoms. The van der Waals surface area contributed by atoms with Gasteiger partial charge in [-0.1, -0.05) is 44.7 Å². The molecule has 0 amide bonds. The summed E-state index contributed by atoms with van der Waals surface area (Å²) in [6.45, 7) is 4.10. The molecular formula is C13H23N3O. The Balaban J connectivity index is 2.03. The summed E-state index contributed by atoms with van der Waals surface area (Å²) >= 11 is 0. The second kappa shape index (κ2) is 5.63. The first-order valence-corrected chi connectivity index (χ1v) is 6.77. The Morgan fingerprint density at radius 1 is 1.18 bits per heavy atom. The van der Waals surface area contributed by atoms with Gasteiger partial charge < -0.3 is 10.3 Å². The van der Waals surface area contributed by atoms with E-state index in [-0.39, 0.29) is 12.0 Å². The minimum absolute atomic E-state index is 0.0515. The number of rotatable bonds is 3. The van der Waals surface area contributed by atoms with Crippen LogP contribution in [0.25, 0.3) is 0 Å². The molecule has 2 N–H and O–H groups in total. The van der Waals surface area contributed by atoms with Crippen LogP contribution in [0.3, 0.4) is 0 Å². The van der Waals surface area contributed by atoms with Crippen LogP contribution in [-0.4, -0.2) is 10.1 Å². The van der Waals surface area contributed by atoms with Gasteiger partial charge in [0.05, 0.1) is 6.04 Å². The molecule has 0 bridgehead atoms. The van der Waals surface area contributed by atoms with Crippen molar-refractivity contribution in [3.05, 3.63) is 11.7 Å². The number of hydrogen-bond donors (Lipinski definition) is 1. The van der Waals surface area contributed by atoms with E-state index in [9.17, 15) is 0 Å². The fourth-order valence-corrected chi connectivity index (χ4v) is 2.50. The van der Waals surface area contributed by atoms with Gasteiger partial charge in [0.2, 0.25) is 5.89 Å². The Hall–Kier alpha value is -0.900. The molecule has 1 fully saturated rings. The molecule has 1 heterocycles. The Morgan fingerprint density at radius 2 is 1.82 bits per heavy atom. The zero-order valence-electron chi connectivity index (χ0n) is 10.9. The minimum atomic E-state index is -0.0515. The summed E-state index contributed by atoms with van der Waals surface area (Å²) in [5, 5.41) is 4.03. The van der Waals surface area contributed by atoms with Crippen molar-refractivity contribution in [2.45, 2.75) is 64.3 Å². The molecule has 1 aliphatic rings. The minimum Gasteiger partial charge on any atom is -0.339 e. The maximum atomic E-state index is 6.27. The zero-order chi connectivity index (χ0) is 12.3. The van der Waals surface area contributed by atoms with Crippen molar-refractivity contribution in [2.75, 3.05) is 0 Å². The summed E-state index contributed by atoms with van der Waals surface area (Å²) in [4.78, 5) is 4.41. The van der Waals surface area contributed by atoms with Gasteiger partial charge in [-0.05, 0) is 18.8 Å². The molecule has 0 spiro atoms. The van der Waals surface area contributed by atoms with E-state index in [2.05, 4.69) is 24.0 Å². The molecule has 1 aromatic rings. The third-order valence-electron chi connectivity index (χ3n) is 3.66. The third kappa shape index (κ3) is 3.06. The van der Waals surface area contributed by atoms with Crippen molar-refractivity contribution in [1.82, 2.24) is 10.1 Å². The molecule has 4 nitrogen and oxygen atoms in total. The molecular weight excluding hydrogens is 214 g/mol. The van der Waals surface area contributed by atoms with Gasteiger partial charge in [-0.3, -0.25) is 0 Å². The highest BCUT2D eigenvalue weighted by Gasteiger charge is 2.25. The van der Waals surface area contributed by atoms with Gasteiger partial charge in [-0.15, -0.1) is 0 Å². The maximum Gasteiger partial charge on any atom is 0.229 e. The van der Waals surface area contributed by atoms with E-state index in [4.69, 9.17) is 10.3 Å². The van der Waals surface area contributed by atoms with Crippen LogP contribution in [0.15, 0.2) is 4.52 Å². The summed E-state index contributed by atoms with van der Waals surface area (Å²) in [6.07, 6.45) is 7.65. The summed E-state index contributed by atoms with van der Waals surface area (Å²) in [6, 6.07) is -0.0515. The van der Waals surface area contributed by atoms with Crippen LogP contribution in [0, 0.1) is 5.92 Å². The smallest absolute Gasteiger partial charge is 0.229 e. The lowest BCUT2D eigenvalue weighted by Gasteiger charge is -2.18. The predicted molar refractivity (Wildman–Crippen MR) is 66.5 cm³/mol. The Morgan fingerprint density at radius 3 is 2.35 bits per heavy atom. The number of nitrogens with zero attached hydrogens (tertiary/aromatic N) is 2. The van der Waals surface area contributed by atoms with Crippen LogP contribution < -0.4 is 5.73 Å². The van der Waals surface area contributed by atoms with E-state index < -0.39 is 0 Å². The summed E-state index contributed by atoms with van der Waals surface area (Å²) < 4.78 is 5.23. The van der Waals surface area contributed by atoms with Crippen LogP contribution >= 0.6 is 0 Å². The van der Waals surface area contributed by atoms with Crippen molar-refractivity contribution >= 4 is 0 Å². The zero-order valence-corrected chi connectivity index (χ0v) is 10.9. The Labute approximate surface area is 103 Å². The highest BCUT2D eigenvalue weighted by Crippen LogP contribution is 2.31. The monoisotopic (exact) mass is 237 g/mol. The summed E-state index contributed by atoms with van der Waals surface area (Å²) in [5.41, 5.74) is 6.27. The van der Waals surface area contributed by atoms with Crippen molar-refractivity contribution in [2.24, 2.45) is 11.7 Å². The fraction of sp³-hybridized carbons (Fsp3) is 0.846. The van der Waals surface area contributed by atoms with E-state index in [0.29, 0.717) is 17.6 Å². The lowest BCUT2D eigenvalue weighted by molar-refractivity contribution is 0.334. The maximum absolute atomic E-state index is 6.27. The van der Waals surface area contributed by atoms with Crippen molar-refractivity contribution in [3.8, 4) is 0 Å². The van der Waals surface area contributed by atoms with E-state index in [0.717, 1.165) is 0 Å². The molecule has 1 aromatic heterocycles. The van der Waals surface area contributed by atoms with Crippen LogP contribution in [0.2, 0.25) is 0 Å². The average molecular weight is 237 g/mol. The molecule has 0 radical (unpaired) electrons. The van der Waals surface area contributed by atoms with Crippen LogP contribution in [0.5, 0.6) is 0 Å². The SMILES string of the molecule is CC(C)c1nc(C(N)C2CCCCCC2)no1. The molecule has 2 rings (SSSR count). The van der Waals surface area contributed by atoms with E-state index in [1.165, 1.54) is 38.5 Å². The fourth-order valence-electron chi connectivity index (χ4n) is 2.50. The van der Waals surface area contributed by atoms with Gasteiger partial charge in [-0.2, -0.15) is 4.98 Å². The first-order valence-electron chi connectivity index (χ1n) is 6.77. The topological polar surface area (TPSA) is 64.9 Å². The number of hydrogen-bond acceptors (Lipinski definition) is 4. The standard InChI is InChI=1S/C13H23N3O/c1-9(2)13-15-12(16-17-13)11(14)10-7-5-3-4-6-8-10/h9-11H,3-8,14H2,1-2H3. The molecule has 1 atom stereocenters. The van der Waals surface area contributed by atoms with Gasteiger partial charge in [0.25, 0.3) is 0 Å². The van der Waals surface area contributed by atoms with E-state index >= 15 is 0 Å². The predicted octanol–water partition coefficient (Wildman–Crippen LogP) is 3.16. The van der Waals surface area contributed by atoms with Crippen molar-refractivity contribution < 1.29 is 4.52 Å². The second-order valence-electron chi connectivity index (χ2n) is 5.42. The van der Waals surface area contributed by atoms with E-state index in [1.54, 1.807) is 0 Å². The normalized spacial score (nSPS) is 20.5. The highest BCUT2D eigenvalue weighted by atomic mass is 16.5. The third-order valence-corrected chi connectivity index (χ3v) is 3.66. The van der Waals surface area contributed by atoms with Gasteiger partial charge in [0.15, 0.2) is 5.82 Å². The molecule has 4 heteroatoms.